The Bertz CT molecular complexity index is 421. The molecule has 0 bridgehead atoms. The summed E-state index contributed by atoms with van der Waals surface area (Å²) in [7, 11) is 0. The summed E-state index contributed by atoms with van der Waals surface area (Å²) < 4.78 is 0. The Kier molecular flexibility index (Phi) is 3.97. The molecule has 1 amide bonds. The van der Waals surface area contributed by atoms with Crippen molar-refractivity contribution in [2.75, 3.05) is 6.54 Å². The largest absolute Gasteiger partial charge is 0.352 e. The maximum atomic E-state index is 11.9. The van der Waals surface area contributed by atoms with E-state index in [9.17, 15) is 4.79 Å². The van der Waals surface area contributed by atoms with Gasteiger partial charge in [0.2, 0.25) is 5.91 Å². The molecule has 1 aliphatic rings. The number of carbonyl (C=O) groups excluding carboxylic acids is 1. The lowest BCUT2D eigenvalue weighted by Crippen LogP contribution is -2.41. The SMILES string of the molecule is Cc1cnccc1CNC(=O)CC1(CN)CCC1. The Morgan fingerprint density at radius 3 is 2.89 bits per heavy atom. The van der Waals surface area contributed by atoms with Crippen LogP contribution in [0.25, 0.3) is 0 Å². The molecule has 4 nitrogen and oxygen atoms in total. The topological polar surface area (TPSA) is 68.0 Å². The Morgan fingerprint density at radius 2 is 2.33 bits per heavy atom. The van der Waals surface area contributed by atoms with E-state index in [-0.39, 0.29) is 11.3 Å². The highest BCUT2D eigenvalue weighted by atomic mass is 16.1. The molecule has 1 heterocycles. The molecular formula is C14H21N3O. The van der Waals surface area contributed by atoms with Crippen molar-refractivity contribution in [3.63, 3.8) is 0 Å². The minimum Gasteiger partial charge on any atom is -0.352 e. The molecule has 4 heteroatoms. The fraction of sp³-hybridized carbons (Fsp3) is 0.571. The van der Waals surface area contributed by atoms with Gasteiger partial charge < -0.3 is 11.1 Å². The Labute approximate surface area is 108 Å². The van der Waals surface area contributed by atoms with Crippen molar-refractivity contribution in [1.82, 2.24) is 10.3 Å². The summed E-state index contributed by atoms with van der Waals surface area (Å²) in [5, 5.41) is 2.98. The van der Waals surface area contributed by atoms with Gasteiger partial charge in [0.05, 0.1) is 0 Å². The number of carbonyl (C=O) groups is 1. The molecule has 1 aromatic heterocycles. The number of nitrogens with two attached hydrogens (primary N) is 1. The van der Waals surface area contributed by atoms with E-state index in [1.807, 2.05) is 19.2 Å². The van der Waals surface area contributed by atoms with Gasteiger partial charge in [-0.25, -0.2) is 0 Å². The zero-order valence-corrected chi connectivity index (χ0v) is 10.9. The third-order valence-corrected chi connectivity index (χ3v) is 4.00. The van der Waals surface area contributed by atoms with E-state index in [2.05, 4.69) is 10.3 Å². The summed E-state index contributed by atoms with van der Waals surface area (Å²) in [4.78, 5) is 16.0. The van der Waals surface area contributed by atoms with Crippen LogP contribution in [0.5, 0.6) is 0 Å². The smallest absolute Gasteiger partial charge is 0.220 e. The highest BCUT2D eigenvalue weighted by molar-refractivity contribution is 5.76. The van der Waals surface area contributed by atoms with E-state index in [1.54, 1.807) is 6.20 Å². The monoisotopic (exact) mass is 247 g/mol. The van der Waals surface area contributed by atoms with Crippen LogP contribution < -0.4 is 11.1 Å². The van der Waals surface area contributed by atoms with Gasteiger partial charge in [0.25, 0.3) is 0 Å². The Morgan fingerprint density at radius 1 is 1.56 bits per heavy atom. The first kappa shape index (κ1) is 13.0. The van der Waals surface area contributed by atoms with Crippen LogP contribution >= 0.6 is 0 Å². The number of rotatable bonds is 5. The van der Waals surface area contributed by atoms with Crippen molar-refractivity contribution < 1.29 is 4.79 Å². The summed E-state index contributed by atoms with van der Waals surface area (Å²) in [5.74, 6) is 0.108. The predicted octanol–water partition coefficient (Wildman–Crippen LogP) is 1.53. The molecule has 0 aromatic carbocycles. The van der Waals surface area contributed by atoms with Crippen molar-refractivity contribution in [1.29, 1.82) is 0 Å². The highest BCUT2D eigenvalue weighted by Crippen LogP contribution is 2.42. The molecule has 18 heavy (non-hydrogen) atoms. The zero-order valence-electron chi connectivity index (χ0n) is 10.9. The molecule has 0 unspecified atom stereocenters. The summed E-state index contributed by atoms with van der Waals surface area (Å²) in [6.45, 7) is 3.20. The highest BCUT2D eigenvalue weighted by Gasteiger charge is 2.37. The molecule has 0 spiro atoms. The number of pyridine rings is 1. The maximum Gasteiger partial charge on any atom is 0.220 e. The Hall–Kier alpha value is -1.42. The first-order chi connectivity index (χ1) is 8.65. The molecule has 1 aromatic rings. The van der Waals surface area contributed by atoms with Gasteiger partial charge in [0, 0.05) is 25.4 Å². The van der Waals surface area contributed by atoms with Crippen molar-refractivity contribution in [2.45, 2.75) is 39.2 Å². The molecule has 98 valence electrons. The van der Waals surface area contributed by atoms with E-state index in [0.29, 0.717) is 19.5 Å². The molecule has 2 rings (SSSR count). The van der Waals surface area contributed by atoms with Crippen LogP contribution in [0.3, 0.4) is 0 Å². The van der Waals surface area contributed by atoms with E-state index in [0.717, 1.165) is 24.0 Å². The minimum absolute atomic E-state index is 0.0807. The van der Waals surface area contributed by atoms with Crippen LogP contribution in [0, 0.1) is 12.3 Å². The zero-order chi connectivity index (χ0) is 13.0. The number of aryl methyl sites for hydroxylation is 1. The molecule has 1 aliphatic carbocycles. The standard InChI is InChI=1S/C14H21N3O/c1-11-8-16-6-3-12(11)9-17-13(18)7-14(10-15)4-2-5-14/h3,6,8H,2,4-5,7,9-10,15H2,1H3,(H,17,18). The van der Waals surface area contributed by atoms with Crippen LogP contribution in [-0.2, 0) is 11.3 Å². The normalized spacial score (nSPS) is 17.0. The second-order valence-corrected chi connectivity index (χ2v) is 5.31. The summed E-state index contributed by atoms with van der Waals surface area (Å²) in [5.41, 5.74) is 8.07. The molecule has 0 atom stereocenters. The van der Waals surface area contributed by atoms with Crippen molar-refractivity contribution in [3.8, 4) is 0 Å². The van der Waals surface area contributed by atoms with Gasteiger partial charge in [-0.1, -0.05) is 6.42 Å². The van der Waals surface area contributed by atoms with Crippen molar-refractivity contribution in [3.05, 3.63) is 29.6 Å². The summed E-state index contributed by atoms with van der Waals surface area (Å²) >= 11 is 0. The van der Waals surface area contributed by atoms with E-state index in [4.69, 9.17) is 5.73 Å². The maximum absolute atomic E-state index is 11.9. The van der Waals surface area contributed by atoms with Crippen LogP contribution in [-0.4, -0.2) is 17.4 Å². The fourth-order valence-corrected chi connectivity index (χ4v) is 2.43. The minimum atomic E-state index is 0.0807. The molecule has 0 radical (unpaired) electrons. The molecule has 1 saturated carbocycles. The average molecular weight is 247 g/mol. The first-order valence-electron chi connectivity index (χ1n) is 6.51. The van der Waals surface area contributed by atoms with Crippen LogP contribution in [0.4, 0.5) is 0 Å². The van der Waals surface area contributed by atoms with Gasteiger partial charge in [-0.15, -0.1) is 0 Å². The van der Waals surface area contributed by atoms with Crippen LogP contribution in [0.1, 0.15) is 36.8 Å². The molecule has 0 saturated heterocycles. The lowest BCUT2D eigenvalue weighted by atomic mass is 9.66. The second-order valence-electron chi connectivity index (χ2n) is 5.31. The Balaban J connectivity index is 1.83. The van der Waals surface area contributed by atoms with Crippen LogP contribution in [0.15, 0.2) is 18.5 Å². The number of amides is 1. The lowest BCUT2D eigenvalue weighted by Gasteiger charge is -2.40. The number of hydrogen-bond acceptors (Lipinski definition) is 3. The predicted molar refractivity (Wildman–Crippen MR) is 70.8 cm³/mol. The average Bonchev–Trinajstić information content (AvgIpc) is 2.33. The second kappa shape index (κ2) is 5.48. The number of hydrogen-bond donors (Lipinski definition) is 2. The first-order valence-corrected chi connectivity index (χ1v) is 6.51. The fourth-order valence-electron chi connectivity index (χ4n) is 2.43. The molecule has 3 N–H and O–H groups in total. The van der Waals surface area contributed by atoms with Crippen molar-refractivity contribution >= 4 is 5.91 Å². The van der Waals surface area contributed by atoms with Crippen LogP contribution in [0.2, 0.25) is 0 Å². The van der Waals surface area contributed by atoms with Crippen molar-refractivity contribution in [2.24, 2.45) is 11.1 Å². The number of nitrogens with zero attached hydrogens (tertiary/aromatic N) is 1. The molecular weight excluding hydrogens is 226 g/mol. The lowest BCUT2D eigenvalue weighted by molar-refractivity contribution is -0.124. The van der Waals surface area contributed by atoms with E-state index in [1.165, 1.54) is 6.42 Å². The molecule has 1 fully saturated rings. The van der Waals surface area contributed by atoms with Gasteiger partial charge in [0.1, 0.15) is 0 Å². The number of aromatic nitrogens is 1. The van der Waals surface area contributed by atoms with Gasteiger partial charge in [-0.3, -0.25) is 9.78 Å². The summed E-state index contributed by atoms with van der Waals surface area (Å²) in [6.07, 6.45) is 7.51. The third-order valence-electron chi connectivity index (χ3n) is 4.00. The number of nitrogens with one attached hydrogen (secondary N) is 1. The van der Waals surface area contributed by atoms with Gasteiger partial charge in [-0.2, -0.15) is 0 Å². The van der Waals surface area contributed by atoms with Gasteiger partial charge in [-0.05, 0) is 48.9 Å². The quantitative estimate of drug-likeness (QED) is 0.829. The van der Waals surface area contributed by atoms with Gasteiger partial charge in [0.15, 0.2) is 0 Å². The van der Waals surface area contributed by atoms with E-state index < -0.39 is 0 Å². The summed E-state index contributed by atoms with van der Waals surface area (Å²) in [6, 6.07) is 1.94. The third kappa shape index (κ3) is 2.88. The molecule has 0 aliphatic heterocycles. The van der Waals surface area contributed by atoms with Gasteiger partial charge >= 0.3 is 0 Å². The van der Waals surface area contributed by atoms with E-state index >= 15 is 0 Å².